The first-order valence-corrected chi connectivity index (χ1v) is 6.36. The van der Waals surface area contributed by atoms with Gasteiger partial charge in [0, 0.05) is 5.41 Å². The third-order valence-corrected chi connectivity index (χ3v) is 3.26. The van der Waals surface area contributed by atoms with Crippen LogP contribution in [-0.4, -0.2) is 5.91 Å². The van der Waals surface area contributed by atoms with E-state index in [1.54, 1.807) is 0 Å². The van der Waals surface area contributed by atoms with Gasteiger partial charge in [-0.1, -0.05) is 59.3 Å². The normalized spacial score (nSPS) is 11.7. The molecule has 0 rings (SSSR count). The first-order chi connectivity index (χ1) is 7.06. The first kappa shape index (κ1) is 14.5. The fourth-order valence-corrected chi connectivity index (χ4v) is 1.90. The summed E-state index contributed by atoms with van der Waals surface area (Å²) in [5.74, 6) is -0.116. The number of rotatable bonds is 9. The van der Waals surface area contributed by atoms with E-state index in [0.29, 0.717) is 0 Å². The van der Waals surface area contributed by atoms with Gasteiger partial charge in [0.15, 0.2) is 0 Å². The second-order valence-electron chi connectivity index (χ2n) is 4.84. The smallest absolute Gasteiger partial charge is 0.223 e. The van der Waals surface area contributed by atoms with Gasteiger partial charge in [-0.25, -0.2) is 0 Å². The van der Waals surface area contributed by atoms with Gasteiger partial charge in [-0.3, -0.25) is 4.79 Å². The SMILES string of the molecule is CCCCCC(C)(CCCCC)C(N)=O. The summed E-state index contributed by atoms with van der Waals surface area (Å²) in [7, 11) is 0. The predicted octanol–water partition coefficient (Wildman–Crippen LogP) is 3.64. The van der Waals surface area contributed by atoms with E-state index in [1.807, 2.05) is 6.92 Å². The van der Waals surface area contributed by atoms with Crippen LogP contribution in [0, 0.1) is 5.41 Å². The number of nitrogens with two attached hydrogens (primary N) is 1. The molecule has 0 aliphatic carbocycles. The van der Waals surface area contributed by atoms with Gasteiger partial charge in [0.1, 0.15) is 0 Å². The Kier molecular flexibility index (Phi) is 7.45. The van der Waals surface area contributed by atoms with Crippen molar-refractivity contribution in [3.8, 4) is 0 Å². The Bertz CT molecular complexity index is 167. The molecule has 0 aliphatic rings. The number of carbonyl (C=O) groups is 1. The maximum atomic E-state index is 11.4. The highest BCUT2D eigenvalue weighted by molar-refractivity contribution is 5.80. The van der Waals surface area contributed by atoms with Crippen LogP contribution in [0.15, 0.2) is 0 Å². The van der Waals surface area contributed by atoms with E-state index in [9.17, 15) is 4.79 Å². The van der Waals surface area contributed by atoms with Crippen molar-refractivity contribution >= 4 is 5.91 Å². The highest BCUT2D eigenvalue weighted by Gasteiger charge is 2.29. The molecule has 0 aromatic heterocycles. The van der Waals surface area contributed by atoms with E-state index >= 15 is 0 Å². The highest BCUT2D eigenvalue weighted by atomic mass is 16.1. The summed E-state index contributed by atoms with van der Waals surface area (Å²) in [4.78, 5) is 11.4. The Morgan fingerprint density at radius 1 is 1.00 bits per heavy atom. The van der Waals surface area contributed by atoms with Crippen molar-refractivity contribution < 1.29 is 4.79 Å². The van der Waals surface area contributed by atoms with Crippen LogP contribution in [-0.2, 0) is 4.79 Å². The number of amides is 1. The van der Waals surface area contributed by atoms with Gasteiger partial charge in [0.05, 0.1) is 0 Å². The van der Waals surface area contributed by atoms with Crippen LogP contribution in [0.2, 0.25) is 0 Å². The first-order valence-electron chi connectivity index (χ1n) is 6.36. The zero-order valence-corrected chi connectivity index (χ0v) is 10.6. The summed E-state index contributed by atoms with van der Waals surface area (Å²) >= 11 is 0. The average Bonchev–Trinajstić information content (AvgIpc) is 2.18. The van der Waals surface area contributed by atoms with Gasteiger partial charge >= 0.3 is 0 Å². The molecular weight excluding hydrogens is 186 g/mol. The van der Waals surface area contributed by atoms with Crippen LogP contribution < -0.4 is 5.73 Å². The van der Waals surface area contributed by atoms with Gasteiger partial charge in [0.2, 0.25) is 5.91 Å². The predicted molar refractivity (Wildman–Crippen MR) is 65.6 cm³/mol. The van der Waals surface area contributed by atoms with Crippen molar-refractivity contribution in [3.05, 3.63) is 0 Å². The molecule has 2 heteroatoms. The van der Waals surface area contributed by atoms with Crippen LogP contribution in [0.5, 0.6) is 0 Å². The van der Waals surface area contributed by atoms with E-state index in [2.05, 4.69) is 13.8 Å². The molecule has 0 heterocycles. The summed E-state index contributed by atoms with van der Waals surface area (Å²) in [5.41, 5.74) is 5.24. The summed E-state index contributed by atoms with van der Waals surface area (Å²) in [6.07, 6.45) is 8.98. The lowest BCUT2D eigenvalue weighted by atomic mass is 9.79. The molecule has 0 aromatic rings. The molecule has 0 saturated heterocycles. The molecular formula is C13H27NO. The summed E-state index contributed by atoms with van der Waals surface area (Å²) in [6.45, 7) is 6.39. The Morgan fingerprint density at radius 2 is 1.40 bits per heavy atom. The third-order valence-electron chi connectivity index (χ3n) is 3.26. The summed E-state index contributed by atoms with van der Waals surface area (Å²) < 4.78 is 0. The van der Waals surface area contributed by atoms with Gasteiger partial charge in [-0.2, -0.15) is 0 Å². The maximum Gasteiger partial charge on any atom is 0.223 e. The second kappa shape index (κ2) is 7.72. The highest BCUT2D eigenvalue weighted by Crippen LogP contribution is 2.30. The monoisotopic (exact) mass is 213 g/mol. The minimum absolute atomic E-state index is 0.116. The molecule has 2 nitrogen and oxygen atoms in total. The molecule has 90 valence electrons. The topological polar surface area (TPSA) is 43.1 Å². The molecule has 0 saturated carbocycles. The summed E-state index contributed by atoms with van der Waals surface area (Å²) in [5, 5.41) is 0. The third kappa shape index (κ3) is 5.81. The van der Waals surface area contributed by atoms with E-state index in [-0.39, 0.29) is 11.3 Å². The molecule has 0 aliphatic heterocycles. The minimum atomic E-state index is -0.260. The Hall–Kier alpha value is -0.530. The molecule has 0 bridgehead atoms. The fraction of sp³-hybridized carbons (Fsp3) is 0.923. The minimum Gasteiger partial charge on any atom is -0.369 e. The molecule has 0 radical (unpaired) electrons. The lowest BCUT2D eigenvalue weighted by Crippen LogP contribution is -2.34. The number of unbranched alkanes of at least 4 members (excludes halogenated alkanes) is 4. The summed E-state index contributed by atoms with van der Waals surface area (Å²) in [6, 6.07) is 0. The number of primary amides is 1. The van der Waals surface area contributed by atoms with Crippen LogP contribution in [0.4, 0.5) is 0 Å². The maximum absolute atomic E-state index is 11.4. The molecule has 15 heavy (non-hydrogen) atoms. The van der Waals surface area contributed by atoms with Gasteiger partial charge in [0.25, 0.3) is 0 Å². The van der Waals surface area contributed by atoms with Crippen LogP contribution in [0.3, 0.4) is 0 Å². The van der Waals surface area contributed by atoms with Gasteiger partial charge in [-0.05, 0) is 12.8 Å². The number of hydrogen-bond donors (Lipinski definition) is 1. The van der Waals surface area contributed by atoms with Crippen LogP contribution in [0.1, 0.15) is 72.1 Å². The average molecular weight is 213 g/mol. The van der Waals surface area contributed by atoms with Crippen molar-refractivity contribution in [1.82, 2.24) is 0 Å². The molecule has 0 fully saturated rings. The standard InChI is InChI=1S/C13H27NO/c1-4-6-8-10-13(3,12(14)15)11-9-7-5-2/h4-11H2,1-3H3,(H2,14,15). The lowest BCUT2D eigenvalue weighted by molar-refractivity contribution is -0.127. The van der Waals surface area contributed by atoms with Gasteiger partial charge in [-0.15, -0.1) is 0 Å². The van der Waals surface area contributed by atoms with Crippen molar-refractivity contribution in [3.63, 3.8) is 0 Å². The van der Waals surface area contributed by atoms with E-state index in [4.69, 9.17) is 5.73 Å². The fourth-order valence-electron chi connectivity index (χ4n) is 1.90. The molecule has 0 aromatic carbocycles. The lowest BCUT2D eigenvalue weighted by Gasteiger charge is -2.25. The quantitative estimate of drug-likeness (QED) is 0.584. The Morgan fingerprint density at radius 3 is 1.67 bits per heavy atom. The Balaban J connectivity index is 4.01. The number of carbonyl (C=O) groups excluding carboxylic acids is 1. The van der Waals surface area contributed by atoms with Crippen molar-refractivity contribution in [2.45, 2.75) is 72.1 Å². The zero-order valence-electron chi connectivity index (χ0n) is 10.6. The van der Waals surface area contributed by atoms with Crippen molar-refractivity contribution in [2.75, 3.05) is 0 Å². The van der Waals surface area contributed by atoms with Crippen LogP contribution in [0.25, 0.3) is 0 Å². The largest absolute Gasteiger partial charge is 0.369 e. The van der Waals surface area contributed by atoms with E-state index in [0.717, 1.165) is 25.7 Å². The molecule has 1 amide bonds. The molecule has 0 spiro atoms. The van der Waals surface area contributed by atoms with Gasteiger partial charge < -0.3 is 5.73 Å². The van der Waals surface area contributed by atoms with Crippen molar-refractivity contribution in [2.24, 2.45) is 11.1 Å². The zero-order chi connectivity index (χ0) is 11.7. The molecule has 0 unspecified atom stereocenters. The van der Waals surface area contributed by atoms with E-state index < -0.39 is 0 Å². The van der Waals surface area contributed by atoms with Crippen molar-refractivity contribution in [1.29, 1.82) is 0 Å². The number of hydrogen-bond acceptors (Lipinski definition) is 1. The van der Waals surface area contributed by atoms with Crippen LogP contribution >= 0.6 is 0 Å². The Labute approximate surface area is 94.6 Å². The molecule has 2 N–H and O–H groups in total. The van der Waals surface area contributed by atoms with E-state index in [1.165, 1.54) is 25.7 Å². The second-order valence-corrected chi connectivity index (χ2v) is 4.84. The molecule has 0 atom stereocenters.